The molecule has 4 aliphatic carbocycles. The molecule has 2 aliphatic heterocycles. The number of ether oxygens (including phenoxy) is 2. The molecule has 0 spiro atoms. The third-order valence-corrected chi connectivity index (χ3v) is 6.95. The van der Waals surface area contributed by atoms with Gasteiger partial charge in [0, 0.05) is 0 Å². The highest BCUT2D eigenvalue weighted by Crippen LogP contribution is 2.61. The lowest BCUT2D eigenvalue weighted by Gasteiger charge is -2.46. The Morgan fingerprint density at radius 2 is 1.56 bits per heavy atom. The molecule has 6 rings (SSSR count). The van der Waals surface area contributed by atoms with Gasteiger partial charge in [0.05, 0.1) is 24.4 Å². The predicted octanol–water partition coefficient (Wildman–Crippen LogP) is 2.86. The lowest BCUT2D eigenvalue weighted by atomic mass is 9.56. The number of hydrogen-bond acceptors (Lipinski definition) is 2. The fraction of sp³-hybridized carbons (Fsp3) is 1.00. The third-order valence-electron chi connectivity index (χ3n) is 6.95. The van der Waals surface area contributed by atoms with Gasteiger partial charge in [0.1, 0.15) is 0 Å². The van der Waals surface area contributed by atoms with Crippen LogP contribution in [0.25, 0.3) is 0 Å². The minimum atomic E-state index is 0.607. The van der Waals surface area contributed by atoms with E-state index in [-0.39, 0.29) is 0 Å². The normalized spacial score (nSPS) is 68.3. The summed E-state index contributed by atoms with van der Waals surface area (Å²) in [6, 6.07) is 0. The van der Waals surface area contributed by atoms with E-state index in [1.54, 1.807) is 0 Å². The van der Waals surface area contributed by atoms with Crippen molar-refractivity contribution in [1.82, 2.24) is 0 Å². The maximum atomic E-state index is 5.95. The second-order valence-electron chi connectivity index (χ2n) is 7.77. The van der Waals surface area contributed by atoms with Crippen LogP contribution in [0.5, 0.6) is 0 Å². The van der Waals surface area contributed by atoms with E-state index in [0.717, 1.165) is 35.5 Å². The van der Waals surface area contributed by atoms with E-state index >= 15 is 0 Å². The molecule has 100 valence electrons. The quantitative estimate of drug-likeness (QED) is 0.667. The van der Waals surface area contributed by atoms with Crippen LogP contribution in [0, 0.1) is 35.5 Å². The average molecular weight is 248 g/mol. The number of epoxide rings is 2. The Kier molecular flexibility index (Phi) is 1.97. The second-order valence-corrected chi connectivity index (χ2v) is 7.77. The van der Waals surface area contributed by atoms with Gasteiger partial charge in [-0.25, -0.2) is 0 Å². The molecule has 0 aromatic rings. The molecular formula is C16H24O2. The lowest BCUT2D eigenvalue weighted by molar-refractivity contribution is 0.0361. The van der Waals surface area contributed by atoms with Crippen molar-refractivity contribution in [2.45, 2.75) is 63.9 Å². The van der Waals surface area contributed by atoms with Gasteiger partial charge in [0.15, 0.2) is 0 Å². The molecule has 0 aromatic carbocycles. The van der Waals surface area contributed by atoms with E-state index in [1.807, 2.05) is 0 Å². The van der Waals surface area contributed by atoms with E-state index < -0.39 is 0 Å². The van der Waals surface area contributed by atoms with Crippen LogP contribution >= 0.6 is 0 Å². The summed E-state index contributed by atoms with van der Waals surface area (Å²) < 4.78 is 11.9. The molecular weight excluding hydrogens is 224 g/mol. The molecule has 0 radical (unpaired) electrons. The minimum Gasteiger partial charge on any atom is -0.369 e. The maximum Gasteiger partial charge on any atom is 0.0875 e. The Bertz CT molecular complexity index is 373. The molecule has 0 aromatic heterocycles. The standard InChI is InChI=1S/C16H24O2/c1-7-5-11(8(2)14-13(7)17-14)12-6-9-3-4-10(12)16-15(9)18-16/h7-16H,3-6H2,1-2H3. The molecule has 18 heavy (non-hydrogen) atoms. The van der Waals surface area contributed by atoms with Gasteiger partial charge in [0.25, 0.3) is 0 Å². The Morgan fingerprint density at radius 3 is 2.39 bits per heavy atom. The predicted molar refractivity (Wildman–Crippen MR) is 68.1 cm³/mol. The molecule has 0 N–H and O–H groups in total. The van der Waals surface area contributed by atoms with Gasteiger partial charge in [-0.2, -0.15) is 0 Å². The van der Waals surface area contributed by atoms with Crippen LogP contribution in [0.1, 0.15) is 39.5 Å². The zero-order valence-electron chi connectivity index (χ0n) is 11.4. The van der Waals surface area contributed by atoms with E-state index in [0.29, 0.717) is 24.4 Å². The largest absolute Gasteiger partial charge is 0.369 e. The summed E-state index contributed by atoms with van der Waals surface area (Å²) in [7, 11) is 0. The van der Waals surface area contributed by atoms with E-state index in [1.165, 1.54) is 25.7 Å². The van der Waals surface area contributed by atoms with E-state index in [2.05, 4.69) is 13.8 Å². The Balaban J connectivity index is 1.41. The monoisotopic (exact) mass is 248 g/mol. The van der Waals surface area contributed by atoms with E-state index in [4.69, 9.17) is 9.47 Å². The van der Waals surface area contributed by atoms with Crippen molar-refractivity contribution < 1.29 is 9.47 Å². The van der Waals surface area contributed by atoms with Gasteiger partial charge < -0.3 is 9.47 Å². The van der Waals surface area contributed by atoms with Crippen molar-refractivity contribution >= 4 is 0 Å². The minimum absolute atomic E-state index is 0.607. The van der Waals surface area contributed by atoms with Crippen LogP contribution in [-0.2, 0) is 9.47 Å². The van der Waals surface area contributed by atoms with Crippen LogP contribution in [0.3, 0.4) is 0 Å². The first-order valence-corrected chi connectivity index (χ1v) is 8.05. The highest BCUT2D eigenvalue weighted by Gasteiger charge is 2.63. The molecule has 2 nitrogen and oxygen atoms in total. The molecule has 4 saturated carbocycles. The molecule has 6 aliphatic rings. The van der Waals surface area contributed by atoms with Crippen LogP contribution in [0.2, 0.25) is 0 Å². The molecule has 10 unspecified atom stereocenters. The second kappa shape index (κ2) is 3.32. The van der Waals surface area contributed by atoms with Crippen molar-refractivity contribution in [2.24, 2.45) is 35.5 Å². The Morgan fingerprint density at radius 1 is 0.722 bits per heavy atom. The summed E-state index contributed by atoms with van der Waals surface area (Å²) in [5, 5.41) is 0. The smallest absolute Gasteiger partial charge is 0.0875 e. The highest BCUT2D eigenvalue weighted by atomic mass is 16.6. The van der Waals surface area contributed by atoms with Gasteiger partial charge in [0.2, 0.25) is 0 Å². The molecule has 2 heteroatoms. The fourth-order valence-electron chi connectivity index (χ4n) is 5.92. The van der Waals surface area contributed by atoms with Crippen molar-refractivity contribution in [2.75, 3.05) is 0 Å². The van der Waals surface area contributed by atoms with Crippen molar-refractivity contribution in [3.63, 3.8) is 0 Å². The SMILES string of the molecule is CC1CC(C2CC3CCC2C2OC32)C(C)C2OC12. The third kappa shape index (κ3) is 1.27. The lowest BCUT2D eigenvalue weighted by Crippen LogP contribution is -2.45. The van der Waals surface area contributed by atoms with Crippen molar-refractivity contribution in [1.29, 1.82) is 0 Å². The topological polar surface area (TPSA) is 25.1 Å². The summed E-state index contributed by atoms with van der Waals surface area (Å²) in [4.78, 5) is 0. The maximum absolute atomic E-state index is 5.95. The van der Waals surface area contributed by atoms with Crippen molar-refractivity contribution in [3.8, 4) is 0 Å². The first-order chi connectivity index (χ1) is 8.74. The summed E-state index contributed by atoms with van der Waals surface area (Å²) in [6.07, 6.45) is 8.34. The summed E-state index contributed by atoms with van der Waals surface area (Å²) in [5.74, 6) is 5.28. The van der Waals surface area contributed by atoms with Crippen molar-refractivity contribution in [3.05, 3.63) is 0 Å². The van der Waals surface area contributed by atoms with Crippen LogP contribution < -0.4 is 0 Å². The average Bonchev–Trinajstić information content (AvgIpc) is 3.27. The summed E-state index contributed by atoms with van der Waals surface area (Å²) in [6.45, 7) is 4.86. The van der Waals surface area contributed by atoms with Gasteiger partial charge in [-0.15, -0.1) is 0 Å². The molecule has 6 fully saturated rings. The summed E-state index contributed by atoms with van der Waals surface area (Å²) in [5.41, 5.74) is 0. The zero-order valence-corrected chi connectivity index (χ0v) is 11.4. The Labute approximate surface area is 109 Å². The number of fused-ring (bicyclic) bond motifs is 3. The van der Waals surface area contributed by atoms with Gasteiger partial charge in [-0.3, -0.25) is 0 Å². The van der Waals surface area contributed by atoms with Crippen LogP contribution in [0.4, 0.5) is 0 Å². The molecule has 2 heterocycles. The van der Waals surface area contributed by atoms with Gasteiger partial charge in [-0.05, 0) is 61.2 Å². The molecule has 2 bridgehead atoms. The number of rotatable bonds is 1. The summed E-state index contributed by atoms with van der Waals surface area (Å²) >= 11 is 0. The van der Waals surface area contributed by atoms with Crippen LogP contribution in [0.15, 0.2) is 0 Å². The zero-order chi connectivity index (χ0) is 12.0. The van der Waals surface area contributed by atoms with E-state index in [9.17, 15) is 0 Å². The molecule has 10 atom stereocenters. The Hall–Kier alpha value is -0.0800. The number of hydrogen-bond donors (Lipinski definition) is 0. The van der Waals surface area contributed by atoms with Gasteiger partial charge in [-0.1, -0.05) is 13.8 Å². The molecule has 0 amide bonds. The van der Waals surface area contributed by atoms with Crippen LogP contribution in [-0.4, -0.2) is 24.4 Å². The molecule has 2 saturated heterocycles. The first-order valence-electron chi connectivity index (χ1n) is 8.05. The van der Waals surface area contributed by atoms with Gasteiger partial charge >= 0.3 is 0 Å². The first kappa shape index (κ1) is 10.7. The highest BCUT2D eigenvalue weighted by molar-refractivity contribution is 5.10. The fourth-order valence-corrected chi connectivity index (χ4v) is 5.92.